The van der Waals surface area contributed by atoms with Crippen LogP contribution in [-0.2, 0) is 4.79 Å². The van der Waals surface area contributed by atoms with E-state index in [1.54, 1.807) is 17.4 Å². The highest BCUT2D eigenvalue weighted by Crippen LogP contribution is 2.33. The lowest BCUT2D eigenvalue weighted by atomic mass is 10.2. The van der Waals surface area contributed by atoms with Crippen molar-refractivity contribution in [3.63, 3.8) is 0 Å². The lowest BCUT2D eigenvalue weighted by molar-refractivity contribution is -0.123. The van der Waals surface area contributed by atoms with Gasteiger partial charge in [-0.15, -0.1) is 11.3 Å². The topological polar surface area (TPSA) is 46.6 Å². The quantitative estimate of drug-likeness (QED) is 0.739. The minimum Gasteiger partial charge on any atom is -0.492 e. The second kappa shape index (κ2) is 7.23. The zero-order valence-electron chi connectivity index (χ0n) is 13.4. The highest BCUT2D eigenvalue weighted by Gasteiger charge is 2.34. The Hall–Kier alpha value is -2.05. The van der Waals surface area contributed by atoms with E-state index in [2.05, 4.69) is 0 Å². The van der Waals surface area contributed by atoms with Gasteiger partial charge in [-0.2, -0.15) is 0 Å². The average molecular weight is 359 g/mol. The molecule has 1 aliphatic rings. The van der Waals surface area contributed by atoms with Crippen molar-refractivity contribution in [2.24, 2.45) is 0 Å². The molecule has 4 nitrogen and oxygen atoms in total. The molecule has 0 bridgehead atoms. The van der Waals surface area contributed by atoms with Crippen LogP contribution in [0.25, 0.3) is 6.08 Å². The molecule has 0 atom stereocenters. The van der Waals surface area contributed by atoms with Gasteiger partial charge in [-0.25, -0.2) is 0 Å². The van der Waals surface area contributed by atoms with Crippen LogP contribution in [0.3, 0.4) is 0 Å². The van der Waals surface area contributed by atoms with Crippen molar-refractivity contribution in [3.8, 4) is 5.75 Å². The van der Waals surface area contributed by atoms with Gasteiger partial charge in [-0.05, 0) is 56.0 Å². The second-order valence-electron chi connectivity index (χ2n) is 5.44. The van der Waals surface area contributed by atoms with Gasteiger partial charge in [-0.3, -0.25) is 14.5 Å². The standard InChI is InChI=1S/C18H17NO3S2/c1-12-3-6-14(7-4-12)22-10-9-19-17(20)16(24-18(19)21)11-15-8-5-13(2)23-15/h3-8,11H,9-10H2,1-2H3. The molecule has 24 heavy (non-hydrogen) atoms. The van der Waals surface area contributed by atoms with Crippen LogP contribution in [0.1, 0.15) is 15.3 Å². The van der Waals surface area contributed by atoms with Crippen LogP contribution in [-0.4, -0.2) is 29.2 Å². The maximum absolute atomic E-state index is 12.4. The number of carbonyl (C=O) groups is 2. The number of hydrogen-bond donors (Lipinski definition) is 0. The van der Waals surface area contributed by atoms with E-state index in [-0.39, 0.29) is 24.3 Å². The Morgan fingerprint density at radius 1 is 1.08 bits per heavy atom. The molecular weight excluding hydrogens is 342 g/mol. The van der Waals surface area contributed by atoms with Crippen LogP contribution in [0.15, 0.2) is 41.3 Å². The summed E-state index contributed by atoms with van der Waals surface area (Å²) in [6.07, 6.45) is 1.78. The molecule has 1 aliphatic heterocycles. The summed E-state index contributed by atoms with van der Waals surface area (Å²) in [6, 6.07) is 11.6. The minimum absolute atomic E-state index is 0.243. The number of thioether (sulfide) groups is 1. The fourth-order valence-corrected chi connectivity index (χ4v) is 3.99. The molecule has 6 heteroatoms. The number of ether oxygens (including phenoxy) is 1. The molecule has 0 spiro atoms. The molecule has 3 rings (SSSR count). The molecule has 0 aliphatic carbocycles. The van der Waals surface area contributed by atoms with Gasteiger partial charge in [0.05, 0.1) is 11.4 Å². The monoisotopic (exact) mass is 359 g/mol. The lowest BCUT2D eigenvalue weighted by Crippen LogP contribution is -2.32. The Bertz CT molecular complexity index is 793. The SMILES string of the molecule is Cc1ccc(OCCN2C(=O)SC(=Cc3ccc(C)s3)C2=O)cc1. The Morgan fingerprint density at radius 2 is 1.83 bits per heavy atom. The van der Waals surface area contributed by atoms with Crippen LogP contribution >= 0.6 is 23.1 Å². The molecule has 0 unspecified atom stereocenters. The number of hydrogen-bond acceptors (Lipinski definition) is 5. The van der Waals surface area contributed by atoms with E-state index in [4.69, 9.17) is 4.74 Å². The van der Waals surface area contributed by atoms with E-state index in [0.717, 1.165) is 28.0 Å². The smallest absolute Gasteiger partial charge is 0.293 e. The Morgan fingerprint density at radius 3 is 2.50 bits per heavy atom. The van der Waals surface area contributed by atoms with Gasteiger partial charge < -0.3 is 4.74 Å². The van der Waals surface area contributed by atoms with Crippen molar-refractivity contribution in [3.05, 3.63) is 56.6 Å². The molecule has 0 radical (unpaired) electrons. The fraction of sp³-hybridized carbons (Fsp3) is 0.222. The average Bonchev–Trinajstić information content (AvgIpc) is 3.07. The molecule has 0 saturated carbocycles. The molecule has 1 fully saturated rings. The molecular formula is C18H17NO3S2. The molecule has 1 aromatic carbocycles. The van der Waals surface area contributed by atoms with Crippen LogP contribution in [0.2, 0.25) is 0 Å². The van der Waals surface area contributed by atoms with Gasteiger partial charge in [0.1, 0.15) is 12.4 Å². The summed E-state index contributed by atoms with van der Waals surface area (Å²) in [4.78, 5) is 28.3. The van der Waals surface area contributed by atoms with Crippen LogP contribution < -0.4 is 4.74 Å². The first kappa shape index (κ1) is 16.8. The maximum Gasteiger partial charge on any atom is 0.293 e. The highest BCUT2D eigenvalue weighted by molar-refractivity contribution is 8.18. The summed E-state index contributed by atoms with van der Waals surface area (Å²) in [7, 11) is 0. The van der Waals surface area contributed by atoms with Crippen LogP contribution in [0, 0.1) is 13.8 Å². The number of imide groups is 1. The summed E-state index contributed by atoms with van der Waals surface area (Å²) in [6.45, 7) is 4.55. The van der Waals surface area contributed by atoms with E-state index < -0.39 is 0 Å². The molecule has 2 amide bonds. The van der Waals surface area contributed by atoms with Gasteiger partial charge in [-0.1, -0.05) is 17.7 Å². The largest absolute Gasteiger partial charge is 0.492 e. The summed E-state index contributed by atoms with van der Waals surface area (Å²) >= 11 is 2.58. The third-order valence-electron chi connectivity index (χ3n) is 3.51. The third-order valence-corrected chi connectivity index (χ3v) is 5.37. The van der Waals surface area contributed by atoms with E-state index in [9.17, 15) is 9.59 Å². The zero-order chi connectivity index (χ0) is 17.1. The predicted molar refractivity (Wildman–Crippen MR) is 98.4 cm³/mol. The number of nitrogens with zero attached hydrogens (tertiary/aromatic N) is 1. The summed E-state index contributed by atoms with van der Waals surface area (Å²) in [5.74, 6) is 0.487. The van der Waals surface area contributed by atoms with Crippen molar-refractivity contribution in [2.45, 2.75) is 13.8 Å². The summed E-state index contributed by atoms with van der Waals surface area (Å²) in [5, 5.41) is -0.243. The number of amides is 2. The van der Waals surface area contributed by atoms with Crippen molar-refractivity contribution < 1.29 is 14.3 Å². The number of rotatable bonds is 5. The first-order valence-corrected chi connectivity index (χ1v) is 9.17. The molecule has 124 valence electrons. The fourth-order valence-electron chi connectivity index (χ4n) is 2.24. The van der Waals surface area contributed by atoms with E-state index >= 15 is 0 Å². The van der Waals surface area contributed by atoms with Gasteiger partial charge >= 0.3 is 0 Å². The normalized spacial score (nSPS) is 16.2. The highest BCUT2D eigenvalue weighted by atomic mass is 32.2. The zero-order valence-corrected chi connectivity index (χ0v) is 15.1. The van der Waals surface area contributed by atoms with E-state index in [0.29, 0.717) is 4.91 Å². The third kappa shape index (κ3) is 3.88. The molecule has 2 heterocycles. The first-order valence-electron chi connectivity index (χ1n) is 7.54. The van der Waals surface area contributed by atoms with Gasteiger partial charge in [0.15, 0.2) is 0 Å². The van der Waals surface area contributed by atoms with Crippen molar-refractivity contribution >= 4 is 40.3 Å². The van der Waals surface area contributed by atoms with Gasteiger partial charge in [0, 0.05) is 9.75 Å². The van der Waals surface area contributed by atoms with Crippen LogP contribution in [0.5, 0.6) is 5.75 Å². The lowest BCUT2D eigenvalue weighted by Gasteiger charge is -2.13. The van der Waals surface area contributed by atoms with Crippen LogP contribution in [0.4, 0.5) is 4.79 Å². The minimum atomic E-state index is -0.247. The Kier molecular flexibility index (Phi) is 5.06. The second-order valence-corrected chi connectivity index (χ2v) is 7.76. The van der Waals surface area contributed by atoms with Crippen molar-refractivity contribution in [2.75, 3.05) is 13.2 Å². The Labute approximate surface area is 149 Å². The molecule has 1 saturated heterocycles. The number of thiophene rings is 1. The van der Waals surface area contributed by atoms with E-state index in [1.807, 2.05) is 50.2 Å². The number of aryl methyl sites for hydroxylation is 2. The molecule has 2 aromatic rings. The number of benzene rings is 1. The summed E-state index contributed by atoms with van der Waals surface area (Å²) < 4.78 is 5.60. The molecule has 1 aromatic heterocycles. The Balaban J connectivity index is 1.60. The summed E-state index contributed by atoms with van der Waals surface area (Å²) in [5.41, 5.74) is 1.15. The predicted octanol–water partition coefficient (Wildman–Crippen LogP) is 4.48. The van der Waals surface area contributed by atoms with E-state index in [1.165, 1.54) is 9.78 Å². The molecule has 0 N–H and O–H groups in total. The van der Waals surface area contributed by atoms with Gasteiger partial charge in [0.25, 0.3) is 11.1 Å². The number of carbonyl (C=O) groups excluding carboxylic acids is 2. The van der Waals surface area contributed by atoms with Gasteiger partial charge in [0.2, 0.25) is 0 Å². The maximum atomic E-state index is 12.4. The van der Waals surface area contributed by atoms with Crippen molar-refractivity contribution in [1.82, 2.24) is 4.90 Å². The van der Waals surface area contributed by atoms with Crippen molar-refractivity contribution in [1.29, 1.82) is 0 Å². The first-order chi connectivity index (χ1) is 11.5.